The number of rotatable bonds is 0. The molecule has 0 atom stereocenters. The van der Waals surface area contributed by atoms with E-state index in [-0.39, 0.29) is 0 Å². The van der Waals surface area contributed by atoms with Crippen LogP contribution in [0.4, 0.5) is 0 Å². The first-order chi connectivity index (χ1) is 5.29. The fourth-order valence-electron chi connectivity index (χ4n) is 0.925. The van der Waals surface area contributed by atoms with Gasteiger partial charge in [-0.3, -0.25) is 0 Å². The Bertz CT molecular complexity index is 445. The quantitative estimate of drug-likeness (QED) is 0.564. The predicted molar refractivity (Wildman–Crippen MR) is 38.1 cm³/mol. The SMILES string of the molecule is S=c1nc[nH]c2nc[n]([Hg])c12. The number of hydrogen-bond donors (Lipinski definition) is 1. The summed E-state index contributed by atoms with van der Waals surface area (Å²) in [6.07, 6.45) is 3.37. The number of aromatic amines is 1. The molecule has 11 heavy (non-hydrogen) atoms. The van der Waals surface area contributed by atoms with Gasteiger partial charge in [0.25, 0.3) is 0 Å². The molecule has 0 aliphatic rings. The van der Waals surface area contributed by atoms with Gasteiger partial charge in [0.1, 0.15) is 0 Å². The van der Waals surface area contributed by atoms with Crippen LogP contribution in [0.1, 0.15) is 0 Å². The van der Waals surface area contributed by atoms with Crippen molar-refractivity contribution in [2.24, 2.45) is 0 Å². The summed E-state index contributed by atoms with van der Waals surface area (Å²) >= 11 is 5.52. The van der Waals surface area contributed by atoms with E-state index in [0.717, 1.165) is 11.2 Å². The van der Waals surface area contributed by atoms with E-state index in [1.54, 1.807) is 12.7 Å². The van der Waals surface area contributed by atoms with Crippen LogP contribution >= 0.6 is 12.2 Å². The summed E-state index contributed by atoms with van der Waals surface area (Å²) in [6, 6.07) is 0. The standard InChI is InChI=1S/C5H4N4S.Hg/c10-5-3-4(7-1-6-3)8-2-9-5;/h1-2H,(H2,6,7,8,9,10);/q;+1/p-1. The predicted octanol–water partition coefficient (Wildman–Crippen LogP) is 0.799. The van der Waals surface area contributed by atoms with Gasteiger partial charge in [-0.05, 0) is 0 Å². The van der Waals surface area contributed by atoms with Crippen LogP contribution in [0, 0.1) is 4.64 Å². The fourth-order valence-corrected chi connectivity index (χ4v) is 3.12. The molecule has 51 valence electrons. The average Bonchev–Trinajstić information content (AvgIpc) is 2.34. The Labute approximate surface area is 84.1 Å². The van der Waals surface area contributed by atoms with Crippen molar-refractivity contribution < 1.29 is 26.4 Å². The van der Waals surface area contributed by atoms with Crippen molar-refractivity contribution in [1.29, 1.82) is 0 Å². The van der Waals surface area contributed by atoms with E-state index in [1.165, 1.54) is 0 Å². The van der Waals surface area contributed by atoms with Crippen LogP contribution in [0.2, 0.25) is 0 Å². The summed E-state index contributed by atoms with van der Waals surface area (Å²) in [6.45, 7) is 0. The molecular formula is C5H3HgN4S. The number of imidazole rings is 1. The van der Waals surface area contributed by atoms with Gasteiger partial charge in [0.15, 0.2) is 0 Å². The second kappa shape index (κ2) is 2.64. The Morgan fingerprint density at radius 1 is 1.55 bits per heavy atom. The molecule has 0 bridgehead atoms. The van der Waals surface area contributed by atoms with Crippen molar-refractivity contribution >= 4 is 23.4 Å². The van der Waals surface area contributed by atoms with Crippen LogP contribution in [-0.2, 0) is 26.4 Å². The first kappa shape index (κ1) is 7.36. The van der Waals surface area contributed by atoms with Crippen molar-refractivity contribution in [2.75, 3.05) is 0 Å². The Morgan fingerprint density at radius 2 is 2.36 bits per heavy atom. The molecule has 0 aliphatic carbocycles. The monoisotopic (exact) mass is 353 g/mol. The first-order valence-corrected chi connectivity index (χ1v) is 5.87. The topological polar surface area (TPSA) is 46.5 Å². The van der Waals surface area contributed by atoms with E-state index in [4.69, 9.17) is 12.2 Å². The number of nitrogens with zero attached hydrogens (tertiary/aromatic N) is 3. The number of aromatic nitrogens is 4. The third-order valence-electron chi connectivity index (χ3n) is 1.42. The van der Waals surface area contributed by atoms with Gasteiger partial charge in [-0.15, -0.1) is 0 Å². The van der Waals surface area contributed by atoms with Gasteiger partial charge < -0.3 is 0 Å². The van der Waals surface area contributed by atoms with Gasteiger partial charge in [0.05, 0.1) is 0 Å². The zero-order chi connectivity index (χ0) is 7.84. The third-order valence-corrected chi connectivity index (χ3v) is 3.59. The molecule has 0 saturated carbocycles. The number of hydrogen-bond acceptors (Lipinski definition) is 3. The summed E-state index contributed by atoms with van der Waals surface area (Å²) in [5, 5.41) is 0. The molecule has 0 aliphatic heterocycles. The molecule has 0 unspecified atom stereocenters. The van der Waals surface area contributed by atoms with E-state index in [1.807, 2.05) is 2.33 Å². The molecule has 2 heterocycles. The molecule has 4 nitrogen and oxygen atoms in total. The van der Waals surface area contributed by atoms with E-state index < -0.39 is 0 Å². The van der Waals surface area contributed by atoms with Crippen molar-refractivity contribution in [3.05, 3.63) is 17.3 Å². The average molecular weight is 352 g/mol. The molecule has 2 rings (SSSR count). The molecule has 1 N–H and O–H groups in total. The second-order valence-corrected chi connectivity index (χ2v) is 5.15. The van der Waals surface area contributed by atoms with Crippen LogP contribution in [0.3, 0.4) is 0 Å². The molecule has 6 heteroatoms. The van der Waals surface area contributed by atoms with Gasteiger partial charge in [-0.2, -0.15) is 0 Å². The Morgan fingerprint density at radius 3 is 3.09 bits per heavy atom. The zero-order valence-corrected chi connectivity index (χ0v) is 11.9. The number of fused-ring (bicyclic) bond motifs is 1. The van der Waals surface area contributed by atoms with E-state index in [0.29, 0.717) is 31.1 Å². The van der Waals surface area contributed by atoms with Gasteiger partial charge in [0, 0.05) is 0 Å². The van der Waals surface area contributed by atoms with Crippen LogP contribution < -0.4 is 0 Å². The summed E-state index contributed by atoms with van der Waals surface area (Å²) in [5.41, 5.74) is 1.80. The van der Waals surface area contributed by atoms with Gasteiger partial charge in [0.2, 0.25) is 0 Å². The van der Waals surface area contributed by atoms with Crippen molar-refractivity contribution in [2.45, 2.75) is 0 Å². The van der Waals surface area contributed by atoms with E-state index >= 15 is 0 Å². The second-order valence-electron chi connectivity index (χ2n) is 2.12. The maximum atomic E-state index is 5.03. The summed E-state index contributed by atoms with van der Waals surface area (Å²) < 4.78 is 2.67. The normalized spacial score (nSPS) is 10.7. The zero-order valence-electron chi connectivity index (χ0n) is 5.61. The molecule has 0 spiro atoms. The molecule has 2 aromatic rings. The van der Waals surface area contributed by atoms with Crippen molar-refractivity contribution in [3.63, 3.8) is 0 Å². The third kappa shape index (κ3) is 1.12. The summed E-state index contributed by atoms with van der Waals surface area (Å²) in [4.78, 5) is 11.0. The van der Waals surface area contributed by atoms with Gasteiger partial charge >= 0.3 is 84.4 Å². The molecule has 0 radical (unpaired) electrons. The molecule has 0 aromatic carbocycles. The molecule has 0 amide bonds. The molecule has 0 fully saturated rings. The fraction of sp³-hybridized carbons (Fsp3) is 0. The molecular weight excluding hydrogens is 349 g/mol. The van der Waals surface area contributed by atoms with Crippen LogP contribution in [-0.4, -0.2) is 17.3 Å². The van der Waals surface area contributed by atoms with Crippen LogP contribution in [0.5, 0.6) is 0 Å². The molecule has 0 saturated heterocycles. The van der Waals surface area contributed by atoms with Crippen molar-refractivity contribution in [1.82, 2.24) is 17.3 Å². The minimum absolute atomic E-state index is 0.484. The van der Waals surface area contributed by atoms with Gasteiger partial charge in [-0.25, -0.2) is 0 Å². The Balaban J connectivity index is 3.08. The first-order valence-electron chi connectivity index (χ1n) is 3.00. The van der Waals surface area contributed by atoms with Crippen molar-refractivity contribution in [3.8, 4) is 0 Å². The van der Waals surface area contributed by atoms with E-state index in [9.17, 15) is 0 Å². The van der Waals surface area contributed by atoms with Gasteiger partial charge in [-0.1, -0.05) is 0 Å². The number of nitrogens with one attached hydrogen (secondary N) is 1. The van der Waals surface area contributed by atoms with E-state index in [2.05, 4.69) is 15.0 Å². The Hall–Kier alpha value is -0.295. The summed E-state index contributed by atoms with van der Waals surface area (Å²) in [7, 11) is 0. The van der Waals surface area contributed by atoms with Crippen LogP contribution in [0.25, 0.3) is 11.2 Å². The number of H-pyrrole nitrogens is 1. The minimum atomic E-state index is 0.484. The Kier molecular flexibility index (Phi) is 1.76. The maximum absolute atomic E-state index is 5.03. The summed E-state index contributed by atoms with van der Waals surface area (Å²) in [5.74, 6) is 0. The van der Waals surface area contributed by atoms with Crippen LogP contribution in [0.15, 0.2) is 12.7 Å². The molecule has 2 aromatic heterocycles.